The molecule has 0 aliphatic heterocycles. The number of hydrogen-bond acceptors (Lipinski definition) is 5. The Morgan fingerprint density at radius 3 is 2.29 bits per heavy atom. The second-order valence-electron chi connectivity index (χ2n) is 6.80. The molecule has 1 atom stereocenters. The van der Waals surface area contributed by atoms with Crippen LogP contribution in [0.4, 0.5) is 0 Å². The number of rotatable bonds is 6. The summed E-state index contributed by atoms with van der Waals surface area (Å²) in [4.78, 5) is 24.7. The summed E-state index contributed by atoms with van der Waals surface area (Å²) < 4.78 is 5.15. The van der Waals surface area contributed by atoms with Crippen molar-refractivity contribution in [2.45, 2.75) is 26.3 Å². The van der Waals surface area contributed by atoms with Gasteiger partial charge in [0.2, 0.25) is 0 Å². The number of nitriles is 2. The summed E-state index contributed by atoms with van der Waals surface area (Å²) in [5.74, 6) is -1.34. The maximum atomic E-state index is 12.6. The van der Waals surface area contributed by atoms with Crippen molar-refractivity contribution in [3.63, 3.8) is 0 Å². The highest BCUT2D eigenvalue weighted by Crippen LogP contribution is 2.27. The average Bonchev–Trinajstić information content (AvgIpc) is 2.71. The molecule has 142 valence electrons. The average molecular weight is 375 g/mol. The third-order valence-electron chi connectivity index (χ3n) is 4.61. The lowest BCUT2D eigenvalue weighted by Gasteiger charge is -2.27. The Kier molecular flexibility index (Phi) is 6.52. The lowest BCUT2D eigenvalue weighted by molar-refractivity contribution is -0.125. The summed E-state index contributed by atoms with van der Waals surface area (Å²) in [7, 11) is 0. The van der Waals surface area contributed by atoms with E-state index in [1.165, 1.54) is 0 Å². The first kappa shape index (κ1) is 20.7. The number of benzene rings is 2. The molecular formula is C22H21N3O3. The van der Waals surface area contributed by atoms with Gasteiger partial charge in [0, 0.05) is 5.56 Å². The van der Waals surface area contributed by atoms with Crippen molar-refractivity contribution in [3.8, 4) is 23.3 Å². The zero-order valence-electron chi connectivity index (χ0n) is 16.0. The van der Waals surface area contributed by atoms with Crippen LogP contribution >= 0.6 is 0 Å². The third-order valence-corrected chi connectivity index (χ3v) is 4.61. The fourth-order valence-electron chi connectivity index (χ4n) is 2.55. The zero-order valence-corrected chi connectivity index (χ0v) is 16.0. The predicted molar refractivity (Wildman–Crippen MR) is 104 cm³/mol. The molecule has 6 nitrogen and oxygen atoms in total. The third kappa shape index (κ3) is 4.55. The molecule has 0 saturated heterocycles. The van der Waals surface area contributed by atoms with Crippen molar-refractivity contribution in [2.24, 2.45) is 5.92 Å². The van der Waals surface area contributed by atoms with Crippen molar-refractivity contribution in [2.75, 3.05) is 6.61 Å². The standard InChI is InChI=1S/C22H21N3O3/c1-15(2)22(3,14-24)25-20(26)13-28-21(27)19-11-7-6-10-18(19)17-9-5-4-8-16(17)12-23/h4-11,15H,13H2,1-3H3,(H,25,26)/t22-/m1/s1. The molecule has 2 aromatic carbocycles. The first-order valence-electron chi connectivity index (χ1n) is 8.80. The molecule has 2 rings (SSSR count). The molecule has 0 aromatic heterocycles. The summed E-state index contributed by atoms with van der Waals surface area (Å²) in [6.45, 7) is 4.75. The molecule has 0 saturated carbocycles. The van der Waals surface area contributed by atoms with E-state index in [9.17, 15) is 20.1 Å². The van der Waals surface area contributed by atoms with Crippen LogP contribution in [-0.4, -0.2) is 24.0 Å². The summed E-state index contributed by atoms with van der Waals surface area (Å²) in [6.07, 6.45) is 0. The molecule has 1 amide bonds. The van der Waals surface area contributed by atoms with Gasteiger partial charge < -0.3 is 10.1 Å². The number of esters is 1. The van der Waals surface area contributed by atoms with Gasteiger partial charge >= 0.3 is 5.97 Å². The second-order valence-corrected chi connectivity index (χ2v) is 6.80. The number of nitrogens with zero attached hydrogens (tertiary/aromatic N) is 2. The van der Waals surface area contributed by atoms with Crippen molar-refractivity contribution in [3.05, 3.63) is 59.7 Å². The van der Waals surface area contributed by atoms with Gasteiger partial charge in [-0.15, -0.1) is 0 Å². The maximum Gasteiger partial charge on any atom is 0.339 e. The van der Waals surface area contributed by atoms with E-state index >= 15 is 0 Å². The summed E-state index contributed by atoms with van der Waals surface area (Å²) in [5, 5.41) is 21.2. The van der Waals surface area contributed by atoms with Crippen LogP contribution in [0.1, 0.15) is 36.7 Å². The van der Waals surface area contributed by atoms with Crippen LogP contribution in [0, 0.1) is 28.6 Å². The lowest BCUT2D eigenvalue weighted by Crippen LogP contribution is -2.50. The maximum absolute atomic E-state index is 12.6. The Morgan fingerprint density at radius 1 is 1.07 bits per heavy atom. The molecule has 2 aromatic rings. The highest BCUT2D eigenvalue weighted by molar-refractivity contribution is 5.99. The van der Waals surface area contributed by atoms with Gasteiger partial charge in [0.25, 0.3) is 5.91 Å². The van der Waals surface area contributed by atoms with E-state index < -0.39 is 24.0 Å². The smallest absolute Gasteiger partial charge is 0.339 e. The number of amides is 1. The molecule has 0 unspecified atom stereocenters. The topological polar surface area (TPSA) is 103 Å². The van der Waals surface area contributed by atoms with Crippen molar-refractivity contribution >= 4 is 11.9 Å². The van der Waals surface area contributed by atoms with Gasteiger partial charge in [-0.3, -0.25) is 4.79 Å². The van der Waals surface area contributed by atoms with Crippen molar-refractivity contribution in [1.29, 1.82) is 10.5 Å². The minimum absolute atomic E-state index is 0.111. The number of hydrogen-bond donors (Lipinski definition) is 1. The Balaban J connectivity index is 2.18. The van der Waals surface area contributed by atoms with Crippen LogP contribution in [0.25, 0.3) is 11.1 Å². The lowest BCUT2D eigenvalue weighted by atomic mass is 9.90. The Labute approximate surface area is 164 Å². The number of ether oxygens (including phenoxy) is 1. The molecule has 0 aliphatic carbocycles. The van der Waals surface area contributed by atoms with E-state index in [1.54, 1.807) is 55.5 Å². The van der Waals surface area contributed by atoms with Crippen LogP contribution in [0.5, 0.6) is 0 Å². The fraction of sp³-hybridized carbons (Fsp3) is 0.273. The van der Waals surface area contributed by atoms with E-state index in [2.05, 4.69) is 17.5 Å². The zero-order chi connectivity index (χ0) is 20.7. The second kappa shape index (κ2) is 8.83. The predicted octanol–water partition coefficient (Wildman–Crippen LogP) is 3.44. The SMILES string of the molecule is CC(C)[C@@](C)(C#N)NC(=O)COC(=O)c1ccccc1-c1ccccc1C#N. The van der Waals surface area contributed by atoms with Gasteiger partial charge in [0.15, 0.2) is 6.61 Å². The van der Waals surface area contributed by atoms with Crippen LogP contribution in [0.2, 0.25) is 0 Å². The highest BCUT2D eigenvalue weighted by atomic mass is 16.5. The molecule has 0 aliphatic rings. The molecule has 0 heterocycles. The largest absolute Gasteiger partial charge is 0.452 e. The van der Waals surface area contributed by atoms with Gasteiger partial charge in [-0.05, 0) is 30.5 Å². The van der Waals surface area contributed by atoms with E-state index in [4.69, 9.17) is 4.74 Å². The van der Waals surface area contributed by atoms with E-state index in [-0.39, 0.29) is 11.5 Å². The number of carbonyl (C=O) groups excluding carboxylic acids is 2. The van der Waals surface area contributed by atoms with Crippen LogP contribution in [0.3, 0.4) is 0 Å². The van der Waals surface area contributed by atoms with Crippen molar-refractivity contribution in [1.82, 2.24) is 5.32 Å². The first-order chi connectivity index (χ1) is 13.3. The Morgan fingerprint density at radius 2 is 1.68 bits per heavy atom. The minimum Gasteiger partial charge on any atom is -0.452 e. The van der Waals surface area contributed by atoms with Gasteiger partial charge in [-0.25, -0.2) is 4.79 Å². The highest BCUT2D eigenvalue weighted by Gasteiger charge is 2.30. The first-order valence-corrected chi connectivity index (χ1v) is 8.80. The van der Waals surface area contributed by atoms with Gasteiger partial charge in [0.1, 0.15) is 5.54 Å². The van der Waals surface area contributed by atoms with E-state index in [0.717, 1.165) is 0 Å². The molecular weight excluding hydrogens is 354 g/mol. The summed E-state index contributed by atoms with van der Waals surface area (Å²) in [5.41, 5.74) is 0.799. The molecule has 0 radical (unpaired) electrons. The summed E-state index contributed by atoms with van der Waals surface area (Å²) in [6, 6.07) is 17.9. The van der Waals surface area contributed by atoms with Gasteiger partial charge in [-0.1, -0.05) is 50.2 Å². The van der Waals surface area contributed by atoms with Crippen molar-refractivity contribution < 1.29 is 14.3 Å². The monoisotopic (exact) mass is 375 g/mol. The van der Waals surface area contributed by atoms with E-state index in [1.807, 2.05) is 13.8 Å². The quantitative estimate of drug-likeness (QED) is 0.779. The van der Waals surface area contributed by atoms with Crippen LogP contribution in [0.15, 0.2) is 48.5 Å². The number of nitrogens with one attached hydrogen (secondary N) is 1. The Bertz CT molecular complexity index is 969. The minimum atomic E-state index is -1.05. The normalized spacial score (nSPS) is 12.4. The van der Waals surface area contributed by atoms with Crippen LogP contribution in [-0.2, 0) is 9.53 Å². The number of carbonyl (C=O) groups is 2. The van der Waals surface area contributed by atoms with Gasteiger partial charge in [-0.2, -0.15) is 10.5 Å². The molecule has 6 heteroatoms. The van der Waals surface area contributed by atoms with Gasteiger partial charge in [0.05, 0.1) is 23.3 Å². The van der Waals surface area contributed by atoms with E-state index in [0.29, 0.717) is 16.7 Å². The molecule has 1 N–H and O–H groups in total. The van der Waals surface area contributed by atoms with Crippen LogP contribution < -0.4 is 5.32 Å². The Hall–Kier alpha value is -3.64. The molecule has 28 heavy (non-hydrogen) atoms. The fourth-order valence-corrected chi connectivity index (χ4v) is 2.55. The molecule has 0 bridgehead atoms. The summed E-state index contributed by atoms with van der Waals surface area (Å²) >= 11 is 0. The molecule has 0 spiro atoms. The molecule has 0 fully saturated rings.